The summed E-state index contributed by atoms with van der Waals surface area (Å²) in [6.45, 7) is 3.00. The highest BCUT2D eigenvalue weighted by atomic mass is 16.2. The van der Waals surface area contributed by atoms with E-state index in [0.29, 0.717) is 24.7 Å². The Hall–Kier alpha value is -3.22. The van der Waals surface area contributed by atoms with Crippen LogP contribution in [0.4, 0.5) is 10.5 Å². The first-order valence-electron chi connectivity index (χ1n) is 7.63. The number of carbonyl (C=O) groups excluding carboxylic acids is 1. The van der Waals surface area contributed by atoms with Crippen molar-refractivity contribution in [1.82, 2.24) is 24.8 Å². The molecule has 0 radical (unpaired) electrons. The number of aryl methyl sites for hydroxylation is 1. The molecule has 0 aliphatic heterocycles. The zero-order valence-corrected chi connectivity index (χ0v) is 13.3. The first-order valence-corrected chi connectivity index (χ1v) is 7.63. The number of para-hydroxylation sites is 1. The minimum atomic E-state index is -0.234. The molecule has 0 aliphatic carbocycles. The summed E-state index contributed by atoms with van der Waals surface area (Å²) < 4.78 is 1.91. The second kappa shape index (κ2) is 7.36. The van der Waals surface area contributed by atoms with Crippen molar-refractivity contribution < 1.29 is 4.79 Å². The van der Waals surface area contributed by atoms with E-state index in [1.807, 2.05) is 42.0 Å². The maximum absolute atomic E-state index is 12.0. The molecule has 2 aromatic heterocycles. The van der Waals surface area contributed by atoms with Gasteiger partial charge in [0, 0.05) is 43.6 Å². The van der Waals surface area contributed by atoms with E-state index in [-0.39, 0.29) is 6.03 Å². The highest BCUT2D eigenvalue weighted by Gasteiger charge is 2.08. The minimum Gasteiger partial charge on any atom is -0.336 e. The normalized spacial score (nSPS) is 10.4. The van der Waals surface area contributed by atoms with Crippen LogP contribution in [-0.2, 0) is 6.54 Å². The second-order valence-electron chi connectivity index (χ2n) is 5.21. The molecule has 3 rings (SSSR count). The minimum absolute atomic E-state index is 0.234. The molecule has 2 amide bonds. The summed E-state index contributed by atoms with van der Waals surface area (Å²) in [6, 6.07) is 9.17. The Morgan fingerprint density at radius 1 is 1.08 bits per heavy atom. The third kappa shape index (κ3) is 3.75. The Kier molecular flexibility index (Phi) is 4.81. The molecule has 3 aromatic rings. The van der Waals surface area contributed by atoms with Crippen molar-refractivity contribution in [2.24, 2.45) is 0 Å². The van der Waals surface area contributed by atoms with Gasteiger partial charge in [-0.1, -0.05) is 18.2 Å². The molecule has 0 atom stereocenters. The summed E-state index contributed by atoms with van der Waals surface area (Å²) in [5.74, 6) is 1.24. The van der Waals surface area contributed by atoms with E-state index in [1.54, 1.807) is 24.7 Å². The fraction of sp³-hybridized carbons (Fsp3) is 0.176. The number of rotatable bonds is 5. The van der Waals surface area contributed by atoms with Gasteiger partial charge in [-0.3, -0.25) is 0 Å². The topological polar surface area (TPSA) is 84.7 Å². The van der Waals surface area contributed by atoms with E-state index in [0.717, 1.165) is 11.3 Å². The van der Waals surface area contributed by atoms with Crippen LogP contribution in [0.2, 0.25) is 0 Å². The van der Waals surface area contributed by atoms with Crippen LogP contribution in [0, 0.1) is 6.92 Å². The predicted molar refractivity (Wildman–Crippen MR) is 91.5 cm³/mol. The van der Waals surface area contributed by atoms with Gasteiger partial charge >= 0.3 is 6.03 Å². The molecule has 0 bridgehead atoms. The molecule has 0 fully saturated rings. The summed E-state index contributed by atoms with van der Waals surface area (Å²) >= 11 is 0. The number of anilines is 1. The number of hydrogen-bond donors (Lipinski definition) is 2. The third-order valence-corrected chi connectivity index (χ3v) is 3.51. The Labute approximate surface area is 139 Å². The van der Waals surface area contributed by atoms with Gasteiger partial charge in [-0.05, 0) is 24.6 Å². The number of nitrogens with zero attached hydrogens (tertiary/aromatic N) is 4. The Bertz CT molecular complexity index is 815. The fourth-order valence-electron chi connectivity index (χ4n) is 2.28. The average molecular weight is 322 g/mol. The zero-order chi connectivity index (χ0) is 16.8. The van der Waals surface area contributed by atoms with Crippen LogP contribution in [0.3, 0.4) is 0 Å². The van der Waals surface area contributed by atoms with Gasteiger partial charge in [0.1, 0.15) is 0 Å². The number of benzene rings is 1. The quantitative estimate of drug-likeness (QED) is 0.756. The molecule has 2 heterocycles. The van der Waals surface area contributed by atoms with Gasteiger partial charge in [-0.15, -0.1) is 0 Å². The van der Waals surface area contributed by atoms with E-state index in [4.69, 9.17) is 0 Å². The van der Waals surface area contributed by atoms with Gasteiger partial charge in [0.15, 0.2) is 11.6 Å². The molecule has 122 valence electrons. The number of nitrogens with one attached hydrogen (secondary N) is 2. The first-order chi connectivity index (χ1) is 11.7. The maximum atomic E-state index is 12.0. The van der Waals surface area contributed by atoms with Gasteiger partial charge in [0.25, 0.3) is 0 Å². The number of hydrogen-bond acceptors (Lipinski definition) is 4. The van der Waals surface area contributed by atoms with Crippen molar-refractivity contribution in [3.8, 4) is 11.6 Å². The fourth-order valence-corrected chi connectivity index (χ4v) is 2.28. The van der Waals surface area contributed by atoms with Gasteiger partial charge in [-0.25, -0.2) is 19.7 Å². The summed E-state index contributed by atoms with van der Waals surface area (Å²) in [5, 5.41) is 5.67. The van der Waals surface area contributed by atoms with Crippen LogP contribution in [0.25, 0.3) is 11.6 Å². The SMILES string of the molecule is Cc1ccccc1NC(=O)NCCn1ccnc1-c1ncccn1. The predicted octanol–water partition coefficient (Wildman–Crippen LogP) is 2.47. The van der Waals surface area contributed by atoms with Crippen LogP contribution >= 0.6 is 0 Å². The molecule has 0 saturated heterocycles. The number of amides is 2. The highest BCUT2D eigenvalue weighted by Crippen LogP contribution is 2.13. The Balaban J connectivity index is 1.55. The van der Waals surface area contributed by atoms with E-state index >= 15 is 0 Å². The Morgan fingerprint density at radius 3 is 2.67 bits per heavy atom. The molecule has 2 N–H and O–H groups in total. The van der Waals surface area contributed by atoms with E-state index in [1.165, 1.54) is 0 Å². The Morgan fingerprint density at radius 2 is 1.88 bits per heavy atom. The average Bonchev–Trinajstić information content (AvgIpc) is 3.06. The number of imidazole rings is 1. The summed E-state index contributed by atoms with van der Waals surface area (Å²) in [6.07, 6.45) is 6.89. The highest BCUT2D eigenvalue weighted by molar-refractivity contribution is 5.89. The maximum Gasteiger partial charge on any atom is 0.319 e. The van der Waals surface area contributed by atoms with E-state index in [9.17, 15) is 4.79 Å². The van der Waals surface area contributed by atoms with Crippen LogP contribution in [0.5, 0.6) is 0 Å². The molecule has 0 spiro atoms. The number of carbonyl (C=O) groups is 1. The van der Waals surface area contributed by atoms with Crippen molar-refractivity contribution in [3.05, 3.63) is 60.7 Å². The molecule has 24 heavy (non-hydrogen) atoms. The van der Waals surface area contributed by atoms with Crippen molar-refractivity contribution in [1.29, 1.82) is 0 Å². The van der Waals surface area contributed by atoms with Crippen molar-refractivity contribution in [3.63, 3.8) is 0 Å². The lowest BCUT2D eigenvalue weighted by molar-refractivity contribution is 0.251. The molecule has 7 nitrogen and oxygen atoms in total. The largest absolute Gasteiger partial charge is 0.336 e. The first kappa shape index (κ1) is 15.7. The van der Waals surface area contributed by atoms with Gasteiger partial charge in [0.05, 0.1) is 0 Å². The molecular weight excluding hydrogens is 304 g/mol. The van der Waals surface area contributed by atoms with Crippen molar-refractivity contribution >= 4 is 11.7 Å². The standard InChI is InChI=1S/C17H18N6O/c1-13-5-2-3-6-14(13)22-17(24)21-10-12-23-11-9-20-16(23)15-18-7-4-8-19-15/h2-9,11H,10,12H2,1H3,(H2,21,22,24). The molecule has 7 heteroatoms. The number of urea groups is 1. The lowest BCUT2D eigenvalue weighted by Crippen LogP contribution is -2.31. The van der Waals surface area contributed by atoms with Crippen LogP contribution in [0.1, 0.15) is 5.56 Å². The van der Waals surface area contributed by atoms with Crippen LogP contribution in [-0.4, -0.2) is 32.1 Å². The molecule has 0 saturated carbocycles. The second-order valence-corrected chi connectivity index (χ2v) is 5.21. The van der Waals surface area contributed by atoms with Crippen molar-refractivity contribution in [2.75, 3.05) is 11.9 Å². The molecule has 0 unspecified atom stereocenters. The van der Waals surface area contributed by atoms with Crippen LogP contribution in [0.15, 0.2) is 55.1 Å². The van der Waals surface area contributed by atoms with E-state index in [2.05, 4.69) is 25.6 Å². The van der Waals surface area contributed by atoms with E-state index < -0.39 is 0 Å². The zero-order valence-electron chi connectivity index (χ0n) is 13.3. The summed E-state index contributed by atoms with van der Waals surface area (Å²) in [7, 11) is 0. The van der Waals surface area contributed by atoms with Gasteiger partial charge < -0.3 is 15.2 Å². The lowest BCUT2D eigenvalue weighted by atomic mass is 10.2. The van der Waals surface area contributed by atoms with Crippen LogP contribution < -0.4 is 10.6 Å². The summed E-state index contributed by atoms with van der Waals surface area (Å²) in [5.41, 5.74) is 1.82. The molecular formula is C17H18N6O. The molecule has 0 aliphatic rings. The smallest absolute Gasteiger partial charge is 0.319 e. The monoisotopic (exact) mass is 322 g/mol. The third-order valence-electron chi connectivity index (χ3n) is 3.51. The lowest BCUT2D eigenvalue weighted by Gasteiger charge is -2.11. The van der Waals surface area contributed by atoms with Gasteiger partial charge in [-0.2, -0.15) is 0 Å². The summed E-state index contributed by atoms with van der Waals surface area (Å²) in [4.78, 5) is 24.6. The van der Waals surface area contributed by atoms with Crippen molar-refractivity contribution in [2.45, 2.75) is 13.5 Å². The molecule has 1 aromatic carbocycles. The van der Waals surface area contributed by atoms with Gasteiger partial charge in [0.2, 0.25) is 0 Å². The number of aromatic nitrogens is 4.